The molecule has 2 aliphatic heterocycles. The first-order valence-corrected chi connectivity index (χ1v) is 8.39. The molecule has 1 unspecified atom stereocenters. The molecule has 1 saturated heterocycles. The fourth-order valence-corrected chi connectivity index (χ4v) is 2.93. The van der Waals surface area contributed by atoms with Crippen LogP contribution in [-0.2, 0) is 25.7 Å². The average molecular weight is 387 g/mol. The normalized spacial score (nSPS) is 18.0. The van der Waals surface area contributed by atoms with Crippen molar-refractivity contribution >= 4 is 17.6 Å². The number of nitro groups is 1. The van der Waals surface area contributed by atoms with Gasteiger partial charge in [0.05, 0.1) is 11.3 Å². The van der Waals surface area contributed by atoms with E-state index in [1.165, 1.54) is 29.2 Å². The standard InChI is InChI=1S/C17H17N5O6/c1-17(2,9-19-20-18)15-14(21-12(23)7-13(21)28-15)16(24)27-8-10-3-5-11(6-4-10)22(25)26/h3-6,13H,7-9H2,1-2H3. The van der Waals surface area contributed by atoms with Crippen LogP contribution in [0.15, 0.2) is 40.8 Å². The summed E-state index contributed by atoms with van der Waals surface area (Å²) in [6, 6.07) is 5.58. The van der Waals surface area contributed by atoms with Crippen molar-refractivity contribution in [2.24, 2.45) is 10.5 Å². The molecule has 2 aliphatic rings. The molecular weight excluding hydrogens is 370 g/mol. The van der Waals surface area contributed by atoms with Crippen LogP contribution >= 0.6 is 0 Å². The molecule has 0 spiro atoms. The van der Waals surface area contributed by atoms with Crippen molar-refractivity contribution in [1.29, 1.82) is 0 Å². The summed E-state index contributed by atoms with van der Waals surface area (Å²) in [6.07, 6.45) is -0.407. The lowest BCUT2D eigenvalue weighted by Crippen LogP contribution is -2.50. The SMILES string of the molecule is CC(C)(CN=[N+]=[N-])C1=C(C(=O)OCc2ccc([N+](=O)[O-])cc2)N2C(=O)CC2O1. The number of amides is 1. The number of non-ortho nitro benzene ring substituents is 1. The third-order valence-electron chi connectivity index (χ3n) is 4.47. The van der Waals surface area contributed by atoms with Crippen molar-refractivity contribution in [3.8, 4) is 0 Å². The van der Waals surface area contributed by atoms with E-state index in [1.54, 1.807) is 13.8 Å². The number of fused-ring (bicyclic) bond motifs is 1. The van der Waals surface area contributed by atoms with Gasteiger partial charge in [-0.15, -0.1) is 0 Å². The summed E-state index contributed by atoms with van der Waals surface area (Å²) in [5.41, 5.74) is 8.24. The molecular formula is C17H17N5O6. The molecule has 1 aromatic rings. The van der Waals surface area contributed by atoms with Crippen molar-refractivity contribution in [3.63, 3.8) is 0 Å². The number of esters is 1. The van der Waals surface area contributed by atoms with Gasteiger partial charge in [-0.05, 0) is 23.2 Å². The van der Waals surface area contributed by atoms with Crippen LogP contribution in [0.25, 0.3) is 10.4 Å². The van der Waals surface area contributed by atoms with E-state index in [4.69, 9.17) is 15.0 Å². The van der Waals surface area contributed by atoms with Crippen LogP contribution in [0.2, 0.25) is 0 Å². The summed E-state index contributed by atoms with van der Waals surface area (Å²) in [7, 11) is 0. The monoisotopic (exact) mass is 387 g/mol. The molecule has 1 atom stereocenters. The molecule has 0 N–H and O–H groups in total. The minimum Gasteiger partial charge on any atom is -0.471 e. The number of β-lactam (4-membered cyclic amide) rings is 1. The Morgan fingerprint density at radius 3 is 2.71 bits per heavy atom. The molecule has 1 aromatic carbocycles. The largest absolute Gasteiger partial charge is 0.471 e. The molecule has 0 saturated carbocycles. The zero-order valence-electron chi connectivity index (χ0n) is 15.2. The molecule has 1 fully saturated rings. The van der Waals surface area contributed by atoms with E-state index in [2.05, 4.69) is 10.0 Å². The van der Waals surface area contributed by atoms with Gasteiger partial charge in [-0.25, -0.2) is 4.79 Å². The Balaban J connectivity index is 1.79. The highest BCUT2D eigenvalue weighted by molar-refractivity contribution is 5.98. The molecule has 11 heteroatoms. The number of rotatable bonds is 7. The molecule has 1 amide bonds. The van der Waals surface area contributed by atoms with Gasteiger partial charge in [0.15, 0.2) is 11.9 Å². The van der Waals surface area contributed by atoms with Crippen molar-refractivity contribution in [2.45, 2.75) is 33.1 Å². The second-order valence-electron chi connectivity index (χ2n) is 6.99. The molecule has 3 rings (SSSR count). The van der Waals surface area contributed by atoms with E-state index in [9.17, 15) is 19.7 Å². The van der Waals surface area contributed by atoms with Gasteiger partial charge < -0.3 is 9.47 Å². The van der Waals surface area contributed by atoms with Gasteiger partial charge in [0.25, 0.3) is 5.69 Å². The zero-order valence-corrected chi connectivity index (χ0v) is 15.2. The lowest BCUT2D eigenvalue weighted by Gasteiger charge is -2.33. The van der Waals surface area contributed by atoms with E-state index >= 15 is 0 Å². The zero-order chi connectivity index (χ0) is 20.5. The van der Waals surface area contributed by atoms with Crippen molar-refractivity contribution in [2.75, 3.05) is 6.54 Å². The third kappa shape index (κ3) is 3.47. The van der Waals surface area contributed by atoms with Gasteiger partial charge in [-0.3, -0.25) is 19.8 Å². The highest BCUT2D eigenvalue weighted by Gasteiger charge is 2.53. The summed E-state index contributed by atoms with van der Waals surface area (Å²) < 4.78 is 11.0. The third-order valence-corrected chi connectivity index (χ3v) is 4.47. The highest BCUT2D eigenvalue weighted by atomic mass is 16.6. The van der Waals surface area contributed by atoms with Gasteiger partial charge >= 0.3 is 5.97 Å². The fraction of sp³-hybridized carbons (Fsp3) is 0.412. The molecule has 0 aliphatic carbocycles. The van der Waals surface area contributed by atoms with Crippen LogP contribution in [0.5, 0.6) is 0 Å². The Labute approximate surface area is 159 Å². The predicted molar refractivity (Wildman–Crippen MR) is 94.0 cm³/mol. The van der Waals surface area contributed by atoms with Gasteiger partial charge in [-0.1, -0.05) is 19.0 Å². The molecule has 146 valence electrons. The Kier molecular flexibility index (Phi) is 4.93. The number of hydrogen-bond donors (Lipinski definition) is 0. The number of benzene rings is 1. The number of carbonyl (C=O) groups is 2. The van der Waals surface area contributed by atoms with Crippen LogP contribution < -0.4 is 0 Å². The second kappa shape index (κ2) is 7.20. The van der Waals surface area contributed by atoms with Crippen LogP contribution in [0.4, 0.5) is 5.69 Å². The molecule has 0 bridgehead atoms. The minimum absolute atomic E-state index is 0.00121. The Morgan fingerprint density at radius 2 is 2.14 bits per heavy atom. The van der Waals surface area contributed by atoms with Crippen molar-refractivity contribution in [1.82, 2.24) is 4.90 Å². The molecule has 0 aromatic heterocycles. The van der Waals surface area contributed by atoms with Crippen LogP contribution in [0, 0.1) is 15.5 Å². The first kappa shape index (κ1) is 19.2. The molecule has 28 heavy (non-hydrogen) atoms. The maximum Gasteiger partial charge on any atom is 0.359 e. The van der Waals surface area contributed by atoms with Gasteiger partial charge in [-0.2, -0.15) is 0 Å². The van der Waals surface area contributed by atoms with Crippen LogP contribution in [0.1, 0.15) is 25.8 Å². The summed E-state index contributed by atoms with van der Waals surface area (Å²) in [5, 5.41) is 14.2. The number of carbonyl (C=O) groups excluding carboxylic acids is 2. The second-order valence-corrected chi connectivity index (χ2v) is 6.99. The summed E-state index contributed by atoms with van der Waals surface area (Å²) >= 11 is 0. The summed E-state index contributed by atoms with van der Waals surface area (Å²) in [4.78, 5) is 38.8. The highest BCUT2D eigenvalue weighted by Crippen LogP contribution is 2.44. The fourth-order valence-electron chi connectivity index (χ4n) is 2.93. The number of azide groups is 1. The average Bonchev–Trinajstić information content (AvgIpc) is 2.98. The predicted octanol–water partition coefficient (Wildman–Crippen LogP) is 2.77. The topological polar surface area (TPSA) is 148 Å². The van der Waals surface area contributed by atoms with E-state index < -0.39 is 22.5 Å². The lowest BCUT2D eigenvalue weighted by atomic mass is 9.89. The minimum atomic E-state index is -0.814. The molecule has 0 radical (unpaired) electrons. The Bertz CT molecular complexity index is 916. The summed E-state index contributed by atoms with van der Waals surface area (Å²) in [5.74, 6) is -0.774. The quantitative estimate of drug-likeness (QED) is 0.134. The number of ether oxygens (including phenoxy) is 2. The van der Waals surface area contributed by atoms with Crippen molar-refractivity contribution in [3.05, 3.63) is 61.8 Å². The lowest BCUT2D eigenvalue weighted by molar-refractivity contribution is -0.384. The van der Waals surface area contributed by atoms with Gasteiger partial charge in [0.1, 0.15) is 12.4 Å². The first-order valence-electron chi connectivity index (χ1n) is 8.39. The van der Waals surface area contributed by atoms with E-state index in [0.717, 1.165) is 0 Å². The first-order chi connectivity index (χ1) is 13.2. The number of nitrogens with zero attached hydrogens (tertiary/aromatic N) is 5. The van der Waals surface area contributed by atoms with E-state index in [-0.39, 0.29) is 42.6 Å². The molecule has 11 nitrogen and oxygen atoms in total. The number of hydrogen-bond acceptors (Lipinski definition) is 7. The summed E-state index contributed by atoms with van der Waals surface area (Å²) in [6.45, 7) is 3.37. The Hall–Kier alpha value is -3.59. The van der Waals surface area contributed by atoms with Crippen molar-refractivity contribution < 1.29 is 24.0 Å². The Morgan fingerprint density at radius 1 is 1.46 bits per heavy atom. The molecule has 2 heterocycles. The maximum absolute atomic E-state index is 12.7. The van der Waals surface area contributed by atoms with Crippen LogP contribution in [0.3, 0.4) is 0 Å². The number of nitro benzene ring substituents is 1. The van der Waals surface area contributed by atoms with Gasteiger partial charge in [0.2, 0.25) is 5.91 Å². The van der Waals surface area contributed by atoms with Crippen LogP contribution in [-0.4, -0.2) is 34.5 Å². The van der Waals surface area contributed by atoms with E-state index in [1.807, 2.05) is 0 Å². The maximum atomic E-state index is 12.7. The van der Waals surface area contributed by atoms with E-state index in [0.29, 0.717) is 5.56 Å². The smallest absolute Gasteiger partial charge is 0.359 e. The van der Waals surface area contributed by atoms with Gasteiger partial charge in [0, 0.05) is 29.0 Å².